The molecule has 1 aromatic rings. The lowest BCUT2D eigenvalue weighted by Crippen LogP contribution is -2.49. The molecule has 0 bridgehead atoms. The summed E-state index contributed by atoms with van der Waals surface area (Å²) in [6.45, 7) is 5.95. The largest absolute Gasteiger partial charge is 0.464 e. The number of hydrogen-bond donors (Lipinski definition) is 1. The van der Waals surface area contributed by atoms with Crippen molar-refractivity contribution >= 4 is 17.7 Å². The second kappa shape index (κ2) is 8.65. The van der Waals surface area contributed by atoms with Crippen LogP contribution in [0.5, 0.6) is 0 Å². The van der Waals surface area contributed by atoms with Crippen molar-refractivity contribution in [3.8, 4) is 0 Å². The van der Waals surface area contributed by atoms with Crippen molar-refractivity contribution in [1.82, 2.24) is 10.2 Å². The number of nitrogens with zero attached hydrogens (tertiary/aromatic N) is 1. The Kier molecular flexibility index (Phi) is 6.26. The van der Waals surface area contributed by atoms with Gasteiger partial charge >= 0.3 is 5.97 Å². The predicted molar refractivity (Wildman–Crippen MR) is 102 cm³/mol. The number of Topliss-reactive ketones (excluding diaryl/α,β-unsaturated/α-hetero) is 1. The lowest BCUT2D eigenvalue weighted by molar-refractivity contribution is -0.142. The molecule has 1 atom stereocenters. The summed E-state index contributed by atoms with van der Waals surface area (Å²) in [6.07, 6.45) is 2.83. The Morgan fingerprint density at radius 1 is 1.15 bits per heavy atom. The summed E-state index contributed by atoms with van der Waals surface area (Å²) in [4.78, 5) is 38.5. The van der Waals surface area contributed by atoms with Gasteiger partial charge in [0.2, 0.25) is 5.91 Å². The zero-order chi connectivity index (χ0) is 19.4. The summed E-state index contributed by atoms with van der Waals surface area (Å²) in [5, 5.41) is 3.04. The Hall–Kier alpha value is -2.21. The van der Waals surface area contributed by atoms with Crippen LogP contribution < -0.4 is 5.32 Å². The number of aryl methyl sites for hydroxylation is 2. The number of amides is 1. The first kappa shape index (κ1) is 19.5. The Bertz CT molecular complexity index is 723. The van der Waals surface area contributed by atoms with E-state index in [0.29, 0.717) is 12.2 Å². The highest BCUT2D eigenvalue weighted by Crippen LogP contribution is 2.20. The maximum absolute atomic E-state index is 12.4. The first-order chi connectivity index (χ1) is 12.9. The van der Waals surface area contributed by atoms with Crippen molar-refractivity contribution in [3.05, 3.63) is 34.9 Å². The van der Waals surface area contributed by atoms with Crippen molar-refractivity contribution in [2.45, 2.75) is 58.0 Å². The number of rotatable bonds is 6. The van der Waals surface area contributed by atoms with E-state index in [9.17, 15) is 14.4 Å². The molecule has 27 heavy (non-hydrogen) atoms. The third-order valence-electron chi connectivity index (χ3n) is 5.52. The van der Waals surface area contributed by atoms with Gasteiger partial charge < -0.3 is 10.1 Å². The average molecular weight is 372 g/mol. The molecule has 2 fully saturated rings. The second-order valence-electron chi connectivity index (χ2n) is 7.59. The molecule has 0 aliphatic carbocycles. The van der Waals surface area contributed by atoms with Crippen LogP contribution in [0.3, 0.4) is 0 Å². The molecule has 0 unspecified atom stereocenters. The molecule has 6 nitrogen and oxygen atoms in total. The number of piperidine rings is 1. The van der Waals surface area contributed by atoms with Gasteiger partial charge in [-0.3, -0.25) is 19.3 Å². The number of carbonyl (C=O) groups is 3. The number of esters is 1. The van der Waals surface area contributed by atoms with Gasteiger partial charge in [0.25, 0.3) is 0 Å². The Morgan fingerprint density at radius 2 is 1.89 bits per heavy atom. The number of ether oxygens (including phenoxy) is 1. The fourth-order valence-electron chi connectivity index (χ4n) is 3.87. The SMILES string of the molecule is Cc1ccc(C)c(C(=O)CCC(=O)NC2CCN([C@@H]3CCOC3=O)CC2)c1. The van der Waals surface area contributed by atoms with E-state index in [-0.39, 0.29) is 42.6 Å². The zero-order valence-electron chi connectivity index (χ0n) is 16.1. The van der Waals surface area contributed by atoms with Gasteiger partial charge in [-0.15, -0.1) is 0 Å². The van der Waals surface area contributed by atoms with E-state index in [0.717, 1.165) is 43.5 Å². The number of hydrogen-bond acceptors (Lipinski definition) is 5. The van der Waals surface area contributed by atoms with Crippen molar-refractivity contribution in [2.75, 3.05) is 19.7 Å². The van der Waals surface area contributed by atoms with E-state index < -0.39 is 0 Å². The van der Waals surface area contributed by atoms with Crippen LogP contribution in [0.4, 0.5) is 0 Å². The van der Waals surface area contributed by atoms with E-state index in [1.165, 1.54) is 0 Å². The highest BCUT2D eigenvalue weighted by atomic mass is 16.5. The fraction of sp³-hybridized carbons (Fsp3) is 0.571. The fourth-order valence-corrected chi connectivity index (χ4v) is 3.87. The smallest absolute Gasteiger partial charge is 0.323 e. The third kappa shape index (κ3) is 4.95. The zero-order valence-corrected chi connectivity index (χ0v) is 16.1. The predicted octanol–water partition coefficient (Wildman–Crippen LogP) is 2.16. The summed E-state index contributed by atoms with van der Waals surface area (Å²) in [5.74, 6) is -0.185. The summed E-state index contributed by atoms with van der Waals surface area (Å²) >= 11 is 0. The molecule has 1 aromatic carbocycles. The lowest BCUT2D eigenvalue weighted by Gasteiger charge is -2.34. The minimum absolute atomic E-state index is 0.0147. The van der Waals surface area contributed by atoms with Crippen LogP contribution in [0.15, 0.2) is 18.2 Å². The van der Waals surface area contributed by atoms with E-state index in [1.807, 2.05) is 32.0 Å². The molecule has 0 radical (unpaired) electrons. The van der Waals surface area contributed by atoms with Crippen LogP contribution in [-0.2, 0) is 14.3 Å². The van der Waals surface area contributed by atoms with Gasteiger partial charge in [0.15, 0.2) is 5.78 Å². The quantitative estimate of drug-likeness (QED) is 0.612. The summed E-state index contributed by atoms with van der Waals surface area (Å²) in [7, 11) is 0. The van der Waals surface area contributed by atoms with E-state index in [4.69, 9.17) is 4.74 Å². The van der Waals surface area contributed by atoms with Crippen LogP contribution in [0, 0.1) is 13.8 Å². The van der Waals surface area contributed by atoms with Crippen molar-refractivity contribution in [1.29, 1.82) is 0 Å². The molecule has 0 aromatic heterocycles. The van der Waals surface area contributed by atoms with Gasteiger partial charge in [0.1, 0.15) is 6.04 Å². The molecule has 2 saturated heterocycles. The van der Waals surface area contributed by atoms with E-state index in [2.05, 4.69) is 10.2 Å². The molecular formula is C21H28N2O4. The van der Waals surface area contributed by atoms with Crippen LogP contribution in [-0.4, -0.2) is 54.3 Å². The van der Waals surface area contributed by atoms with Gasteiger partial charge in [-0.1, -0.05) is 17.7 Å². The van der Waals surface area contributed by atoms with Crippen LogP contribution in [0.1, 0.15) is 53.6 Å². The van der Waals surface area contributed by atoms with Crippen LogP contribution >= 0.6 is 0 Å². The number of likely N-dealkylation sites (tertiary alicyclic amines) is 1. The first-order valence-corrected chi connectivity index (χ1v) is 9.74. The highest BCUT2D eigenvalue weighted by Gasteiger charge is 2.34. The molecule has 1 amide bonds. The van der Waals surface area contributed by atoms with Gasteiger partial charge in [-0.25, -0.2) is 0 Å². The monoisotopic (exact) mass is 372 g/mol. The molecule has 2 aliphatic heterocycles. The van der Waals surface area contributed by atoms with Gasteiger partial charge in [-0.2, -0.15) is 0 Å². The Morgan fingerprint density at radius 3 is 2.56 bits per heavy atom. The normalized spacial score (nSPS) is 21.1. The van der Waals surface area contributed by atoms with Gasteiger partial charge in [0, 0.05) is 44.0 Å². The van der Waals surface area contributed by atoms with Crippen molar-refractivity contribution < 1.29 is 19.1 Å². The summed E-state index contributed by atoms with van der Waals surface area (Å²) in [5.41, 5.74) is 2.70. The molecule has 0 saturated carbocycles. The highest BCUT2D eigenvalue weighted by molar-refractivity contribution is 5.99. The van der Waals surface area contributed by atoms with Crippen LogP contribution in [0.2, 0.25) is 0 Å². The maximum Gasteiger partial charge on any atom is 0.323 e. The molecule has 2 heterocycles. The molecule has 3 rings (SSSR count). The number of benzene rings is 1. The topological polar surface area (TPSA) is 75.7 Å². The lowest BCUT2D eigenvalue weighted by atomic mass is 9.99. The number of carbonyl (C=O) groups excluding carboxylic acids is 3. The number of nitrogens with one attached hydrogen (secondary N) is 1. The minimum atomic E-state index is -0.123. The third-order valence-corrected chi connectivity index (χ3v) is 5.52. The molecular weight excluding hydrogens is 344 g/mol. The van der Waals surface area contributed by atoms with E-state index >= 15 is 0 Å². The standard InChI is InChI=1S/C21H28N2O4/c1-14-3-4-15(2)17(13-14)19(24)5-6-20(25)22-16-7-10-23(11-8-16)18-9-12-27-21(18)26/h3-4,13,16,18H,5-12H2,1-2H3,(H,22,25)/t18-/m1/s1. The number of cyclic esters (lactones) is 1. The Labute approximate surface area is 160 Å². The van der Waals surface area contributed by atoms with Crippen molar-refractivity contribution in [2.24, 2.45) is 0 Å². The molecule has 146 valence electrons. The van der Waals surface area contributed by atoms with Gasteiger partial charge in [-0.05, 0) is 38.3 Å². The Balaban J connectivity index is 1.41. The molecule has 6 heteroatoms. The van der Waals surface area contributed by atoms with E-state index in [1.54, 1.807) is 0 Å². The summed E-state index contributed by atoms with van der Waals surface area (Å²) < 4.78 is 5.03. The molecule has 1 N–H and O–H groups in total. The number of ketones is 1. The maximum atomic E-state index is 12.4. The second-order valence-corrected chi connectivity index (χ2v) is 7.59. The average Bonchev–Trinajstić information content (AvgIpc) is 3.08. The molecule has 2 aliphatic rings. The van der Waals surface area contributed by atoms with Crippen LogP contribution in [0.25, 0.3) is 0 Å². The summed E-state index contributed by atoms with van der Waals surface area (Å²) in [6, 6.07) is 5.81. The van der Waals surface area contributed by atoms with Crippen molar-refractivity contribution in [3.63, 3.8) is 0 Å². The first-order valence-electron chi connectivity index (χ1n) is 9.74. The van der Waals surface area contributed by atoms with Gasteiger partial charge in [0.05, 0.1) is 6.61 Å². The minimum Gasteiger partial charge on any atom is -0.464 e. The molecule has 0 spiro atoms.